The maximum atomic E-state index is 12.8. The number of nitrogens with zero attached hydrogens (tertiary/aromatic N) is 1. The highest BCUT2D eigenvalue weighted by Gasteiger charge is 2.19. The summed E-state index contributed by atoms with van der Waals surface area (Å²) in [6, 6.07) is 6.17. The van der Waals surface area contributed by atoms with Crippen molar-refractivity contribution in [1.82, 2.24) is 4.90 Å². The molecular formula is C15H20FNO3S. The number of carbonyl (C=O) groups is 2. The molecule has 0 heterocycles. The van der Waals surface area contributed by atoms with Gasteiger partial charge in [0.15, 0.2) is 0 Å². The largest absolute Gasteiger partial charge is 0.481 e. The minimum absolute atomic E-state index is 0.0716. The first-order valence-corrected chi connectivity index (χ1v) is 7.92. The molecule has 0 aliphatic carbocycles. The van der Waals surface area contributed by atoms with Crippen LogP contribution in [0.1, 0.15) is 19.4 Å². The van der Waals surface area contributed by atoms with Crippen LogP contribution >= 0.6 is 11.8 Å². The second kappa shape index (κ2) is 8.67. The molecular weight excluding hydrogens is 293 g/mol. The summed E-state index contributed by atoms with van der Waals surface area (Å²) in [5.41, 5.74) is 0.955. The van der Waals surface area contributed by atoms with Gasteiger partial charge in [0.2, 0.25) is 5.91 Å². The maximum absolute atomic E-state index is 12.8. The Bertz CT molecular complexity index is 478. The summed E-state index contributed by atoms with van der Waals surface area (Å²) in [7, 11) is 0. The molecule has 0 saturated carbocycles. The highest BCUT2D eigenvalue weighted by atomic mass is 32.2. The third-order valence-electron chi connectivity index (χ3n) is 3.06. The lowest BCUT2D eigenvalue weighted by Crippen LogP contribution is -2.37. The lowest BCUT2D eigenvalue weighted by Gasteiger charge is -2.22. The van der Waals surface area contributed by atoms with Crippen molar-refractivity contribution in [2.75, 3.05) is 18.8 Å². The Morgan fingerprint density at radius 3 is 2.48 bits per heavy atom. The van der Waals surface area contributed by atoms with Crippen molar-refractivity contribution in [3.8, 4) is 0 Å². The van der Waals surface area contributed by atoms with E-state index in [0.717, 1.165) is 5.56 Å². The van der Waals surface area contributed by atoms with Gasteiger partial charge in [-0.15, -0.1) is 11.8 Å². The molecule has 0 bridgehead atoms. The topological polar surface area (TPSA) is 57.6 Å². The highest BCUT2D eigenvalue weighted by Crippen LogP contribution is 2.14. The van der Waals surface area contributed by atoms with Gasteiger partial charge < -0.3 is 10.0 Å². The fraction of sp³-hybridized carbons (Fsp3) is 0.467. The number of carbonyl (C=O) groups excluding carboxylic acids is 1. The van der Waals surface area contributed by atoms with E-state index in [1.54, 1.807) is 24.0 Å². The van der Waals surface area contributed by atoms with Gasteiger partial charge in [-0.25, -0.2) is 4.39 Å². The molecule has 4 nitrogen and oxygen atoms in total. The molecule has 0 spiro atoms. The normalized spacial score (nSPS) is 12.0. The van der Waals surface area contributed by atoms with Gasteiger partial charge in [0.25, 0.3) is 0 Å². The summed E-state index contributed by atoms with van der Waals surface area (Å²) in [6.07, 6.45) is 0. The van der Waals surface area contributed by atoms with Gasteiger partial charge in [-0.1, -0.05) is 19.1 Å². The van der Waals surface area contributed by atoms with Crippen LogP contribution in [-0.4, -0.2) is 40.7 Å². The molecule has 6 heteroatoms. The Morgan fingerprint density at radius 1 is 1.33 bits per heavy atom. The molecule has 0 aromatic heterocycles. The zero-order valence-electron chi connectivity index (χ0n) is 12.2. The molecule has 1 aromatic carbocycles. The third kappa shape index (κ3) is 6.16. The second-order valence-corrected chi connectivity index (χ2v) is 5.78. The Balaban J connectivity index is 2.40. The molecule has 21 heavy (non-hydrogen) atoms. The van der Waals surface area contributed by atoms with Gasteiger partial charge in [0.05, 0.1) is 11.7 Å². The van der Waals surface area contributed by atoms with Crippen LogP contribution in [0, 0.1) is 11.7 Å². The molecule has 1 unspecified atom stereocenters. The number of carboxylic acids is 1. The highest BCUT2D eigenvalue weighted by molar-refractivity contribution is 7.99. The standard InChI is InChI=1S/C15H20FNO3S/c1-3-17(8-11(2)15(19)20)14(18)10-21-9-12-4-6-13(16)7-5-12/h4-7,11H,3,8-10H2,1-2H3,(H,19,20). The first-order valence-electron chi connectivity index (χ1n) is 6.76. The van der Waals surface area contributed by atoms with Crippen molar-refractivity contribution < 1.29 is 19.1 Å². The molecule has 1 N–H and O–H groups in total. The second-order valence-electron chi connectivity index (χ2n) is 4.79. The monoisotopic (exact) mass is 313 g/mol. The summed E-state index contributed by atoms with van der Waals surface area (Å²) in [4.78, 5) is 24.4. The quantitative estimate of drug-likeness (QED) is 0.801. The fourth-order valence-electron chi connectivity index (χ4n) is 1.74. The van der Waals surface area contributed by atoms with Crippen LogP contribution in [0.3, 0.4) is 0 Å². The van der Waals surface area contributed by atoms with Crippen LogP contribution in [0.4, 0.5) is 4.39 Å². The summed E-state index contributed by atoms with van der Waals surface area (Å²) >= 11 is 1.44. The van der Waals surface area contributed by atoms with Crippen LogP contribution in [0.25, 0.3) is 0 Å². The number of hydrogen-bond acceptors (Lipinski definition) is 3. The Hall–Kier alpha value is -1.56. The summed E-state index contributed by atoms with van der Waals surface area (Å²) in [5.74, 6) is -0.913. The van der Waals surface area contributed by atoms with Crippen LogP contribution in [0.2, 0.25) is 0 Å². The maximum Gasteiger partial charge on any atom is 0.308 e. The SMILES string of the molecule is CCN(CC(C)C(=O)O)C(=O)CSCc1ccc(F)cc1. The zero-order chi connectivity index (χ0) is 15.8. The first kappa shape index (κ1) is 17.5. The van der Waals surface area contributed by atoms with Crippen molar-refractivity contribution in [3.63, 3.8) is 0 Å². The molecule has 0 aliphatic rings. The molecule has 0 aliphatic heterocycles. The molecule has 1 amide bonds. The minimum Gasteiger partial charge on any atom is -0.481 e. The van der Waals surface area contributed by atoms with Crippen molar-refractivity contribution in [1.29, 1.82) is 0 Å². The van der Waals surface area contributed by atoms with Crippen LogP contribution < -0.4 is 0 Å². The number of amides is 1. The molecule has 1 atom stereocenters. The predicted molar refractivity (Wildman–Crippen MR) is 81.6 cm³/mol. The lowest BCUT2D eigenvalue weighted by atomic mass is 10.2. The molecule has 0 radical (unpaired) electrons. The molecule has 1 rings (SSSR count). The third-order valence-corrected chi connectivity index (χ3v) is 4.05. The molecule has 0 saturated heterocycles. The van der Waals surface area contributed by atoms with Gasteiger partial charge in [0.1, 0.15) is 5.82 Å². The van der Waals surface area contributed by atoms with E-state index in [-0.39, 0.29) is 24.0 Å². The van der Waals surface area contributed by atoms with Crippen LogP contribution in [0.5, 0.6) is 0 Å². The first-order chi connectivity index (χ1) is 9.93. The van der Waals surface area contributed by atoms with Crippen molar-refractivity contribution in [2.24, 2.45) is 5.92 Å². The number of carboxylic acid groups (broad SMARTS) is 1. The molecule has 116 valence electrons. The number of halogens is 1. The summed E-state index contributed by atoms with van der Waals surface area (Å²) in [5, 5.41) is 8.88. The average Bonchev–Trinajstić information content (AvgIpc) is 2.46. The van der Waals surface area contributed by atoms with E-state index in [4.69, 9.17) is 5.11 Å². The fourth-order valence-corrected chi connectivity index (χ4v) is 2.63. The number of benzene rings is 1. The smallest absolute Gasteiger partial charge is 0.308 e. The van der Waals surface area contributed by atoms with Gasteiger partial charge in [-0.3, -0.25) is 9.59 Å². The van der Waals surface area contributed by atoms with Crippen LogP contribution in [-0.2, 0) is 15.3 Å². The number of thioether (sulfide) groups is 1. The van der Waals surface area contributed by atoms with E-state index in [1.807, 2.05) is 6.92 Å². The molecule has 1 aromatic rings. The van der Waals surface area contributed by atoms with E-state index in [1.165, 1.54) is 23.9 Å². The van der Waals surface area contributed by atoms with E-state index in [9.17, 15) is 14.0 Å². The van der Waals surface area contributed by atoms with Crippen molar-refractivity contribution in [2.45, 2.75) is 19.6 Å². The van der Waals surface area contributed by atoms with Gasteiger partial charge in [-0.05, 0) is 24.6 Å². The number of aliphatic carboxylic acids is 1. The van der Waals surface area contributed by atoms with Crippen molar-refractivity contribution >= 4 is 23.6 Å². The predicted octanol–water partition coefficient (Wildman–Crippen LogP) is 2.63. The lowest BCUT2D eigenvalue weighted by molar-refractivity contribution is -0.142. The summed E-state index contributed by atoms with van der Waals surface area (Å²) in [6.45, 7) is 4.14. The minimum atomic E-state index is -0.903. The Morgan fingerprint density at radius 2 is 1.95 bits per heavy atom. The van der Waals surface area contributed by atoms with Gasteiger partial charge in [0, 0.05) is 18.8 Å². The van der Waals surface area contributed by atoms with E-state index >= 15 is 0 Å². The number of hydrogen-bond donors (Lipinski definition) is 1. The van der Waals surface area contributed by atoms with E-state index < -0.39 is 11.9 Å². The molecule has 0 fully saturated rings. The Labute approximate surface area is 128 Å². The Kier molecular flexibility index (Phi) is 7.22. The zero-order valence-corrected chi connectivity index (χ0v) is 13.0. The average molecular weight is 313 g/mol. The van der Waals surface area contributed by atoms with Crippen molar-refractivity contribution in [3.05, 3.63) is 35.6 Å². The van der Waals surface area contributed by atoms with Gasteiger partial charge >= 0.3 is 5.97 Å². The summed E-state index contributed by atoms with van der Waals surface area (Å²) < 4.78 is 12.8. The van der Waals surface area contributed by atoms with E-state index in [0.29, 0.717) is 12.3 Å². The van der Waals surface area contributed by atoms with Crippen LogP contribution in [0.15, 0.2) is 24.3 Å². The van der Waals surface area contributed by atoms with Gasteiger partial charge in [-0.2, -0.15) is 0 Å². The number of rotatable bonds is 8. The van der Waals surface area contributed by atoms with E-state index in [2.05, 4.69) is 0 Å².